The van der Waals surface area contributed by atoms with Gasteiger partial charge in [-0.25, -0.2) is 0 Å². The summed E-state index contributed by atoms with van der Waals surface area (Å²) >= 11 is 13.8. The van der Waals surface area contributed by atoms with Gasteiger partial charge in [0.25, 0.3) is 0 Å². The van der Waals surface area contributed by atoms with Crippen LogP contribution in [-0.4, -0.2) is 30.1 Å². The van der Waals surface area contributed by atoms with Gasteiger partial charge in [0, 0.05) is 48.3 Å². The van der Waals surface area contributed by atoms with Crippen molar-refractivity contribution in [1.29, 1.82) is 0 Å². The number of hydrogen-bond acceptors (Lipinski definition) is 6. The number of allylic oxidation sites excluding steroid dienone is 4. The van der Waals surface area contributed by atoms with Crippen molar-refractivity contribution in [1.82, 2.24) is 4.90 Å². The number of Topliss-reactive ketones (excluding diaryl/α,β-unsaturated/α-hetero) is 2. The van der Waals surface area contributed by atoms with E-state index in [0.717, 1.165) is 40.9 Å². The maximum Gasteiger partial charge on any atom is 0.162 e. The Morgan fingerprint density at radius 1 is 0.708 bits per heavy atom. The third-order valence-corrected chi connectivity index (χ3v) is 10.0. The first-order valence-electron chi connectivity index (χ1n) is 16.6. The molecular weight excluding hydrogens is 645 g/mol. The van der Waals surface area contributed by atoms with E-state index in [1.54, 1.807) is 12.1 Å². The highest BCUT2D eigenvalue weighted by Crippen LogP contribution is 2.54. The van der Waals surface area contributed by atoms with Gasteiger partial charge in [0.1, 0.15) is 13.2 Å². The molecule has 1 heterocycles. The summed E-state index contributed by atoms with van der Waals surface area (Å²) in [4.78, 5) is 29.8. The summed E-state index contributed by atoms with van der Waals surface area (Å²) in [6, 6.07) is 19.3. The minimum atomic E-state index is -0.528. The largest absolute Gasteiger partial charge is 0.490 e. The lowest BCUT2D eigenvalue weighted by atomic mass is 9.64. The summed E-state index contributed by atoms with van der Waals surface area (Å²) < 4.78 is 18.1. The molecule has 252 valence electrons. The highest BCUT2D eigenvalue weighted by Gasteiger charge is 2.48. The first-order valence-corrected chi connectivity index (χ1v) is 17.3. The highest BCUT2D eigenvalue weighted by molar-refractivity contribution is 6.37. The van der Waals surface area contributed by atoms with Gasteiger partial charge in [-0.2, -0.15) is 0 Å². The molecule has 8 heteroatoms. The number of ether oxygens (including phenoxy) is 3. The van der Waals surface area contributed by atoms with Crippen molar-refractivity contribution in [2.24, 2.45) is 10.8 Å². The smallest absolute Gasteiger partial charge is 0.162 e. The van der Waals surface area contributed by atoms with Crippen LogP contribution >= 0.6 is 23.2 Å². The molecular formula is C40H43Cl2NO5. The third kappa shape index (κ3) is 6.88. The Morgan fingerprint density at radius 2 is 1.27 bits per heavy atom. The van der Waals surface area contributed by atoms with E-state index in [9.17, 15) is 9.59 Å². The molecule has 3 aromatic carbocycles. The summed E-state index contributed by atoms with van der Waals surface area (Å²) in [5.41, 5.74) is 5.62. The van der Waals surface area contributed by atoms with E-state index in [1.165, 1.54) is 0 Å². The van der Waals surface area contributed by atoms with Gasteiger partial charge in [-0.15, -0.1) is 0 Å². The number of carbonyl (C=O) groups is 2. The molecule has 0 spiro atoms. The van der Waals surface area contributed by atoms with Crippen molar-refractivity contribution < 1.29 is 23.8 Å². The molecule has 1 aliphatic heterocycles. The fourth-order valence-corrected chi connectivity index (χ4v) is 7.92. The number of carbonyl (C=O) groups excluding carboxylic acids is 2. The molecule has 2 aliphatic carbocycles. The standard InChI is InChI=1S/C40H43Cl2NO5/c1-7-46-34-15-25(13-14-33(34)47-22-24-11-9-8-10-12-24)23-48-38-27(41)16-26(17-28(38)42)35-36-29(18-39(2,3)20-31(36)44)43(6)30-19-40(4,5)21-32(45)37(30)35/h8-17,35H,7,18-23H2,1-6H3. The number of nitrogens with zero attached hydrogens (tertiary/aromatic N) is 1. The molecule has 48 heavy (non-hydrogen) atoms. The second-order valence-electron chi connectivity index (χ2n) is 14.7. The van der Waals surface area contributed by atoms with E-state index >= 15 is 0 Å². The molecule has 0 radical (unpaired) electrons. The molecule has 0 saturated heterocycles. The van der Waals surface area contributed by atoms with Crippen LogP contribution in [-0.2, 0) is 22.8 Å². The lowest BCUT2D eigenvalue weighted by Gasteiger charge is -2.48. The Bertz CT molecular complexity index is 1750. The first kappa shape index (κ1) is 34.1. The van der Waals surface area contributed by atoms with Gasteiger partial charge in [-0.3, -0.25) is 9.59 Å². The molecule has 0 bridgehead atoms. The number of ketones is 2. The fourth-order valence-electron chi connectivity index (χ4n) is 7.30. The second-order valence-corrected chi connectivity index (χ2v) is 15.5. The van der Waals surface area contributed by atoms with Crippen LogP contribution in [0.25, 0.3) is 0 Å². The number of rotatable bonds is 9. The molecule has 6 rings (SSSR count). The van der Waals surface area contributed by atoms with Crippen LogP contribution in [0, 0.1) is 10.8 Å². The van der Waals surface area contributed by atoms with Crippen LogP contribution in [0.2, 0.25) is 10.0 Å². The van der Waals surface area contributed by atoms with Crippen LogP contribution in [0.1, 0.15) is 82.9 Å². The molecule has 0 fully saturated rings. The zero-order valence-corrected chi connectivity index (χ0v) is 30.1. The topological polar surface area (TPSA) is 65.1 Å². The molecule has 0 saturated carbocycles. The summed E-state index contributed by atoms with van der Waals surface area (Å²) in [5, 5.41) is 0.640. The Kier molecular flexibility index (Phi) is 9.45. The van der Waals surface area contributed by atoms with Crippen LogP contribution in [0.5, 0.6) is 17.2 Å². The van der Waals surface area contributed by atoms with Crippen molar-refractivity contribution in [3.8, 4) is 17.2 Å². The molecule has 0 amide bonds. The van der Waals surface area contributed by atoms with E-state index < -0.39 is 5.92 Å². The maximum absolute atomic E-state index is 13.9. The van der Waals surface area contributed by atoms with E-state index in [0.29, 0.717) is 64.5 Å². The average Bonchev–Trinajstić information content (AvgIpc) is 3.01. The quantitative estimate of drug-likeness (QED) is 0.223. The summed E-state index contributed by atoms with van der Waals surface area (Å²) in [6.07, 6.45) is 2.33. The predicted molar refractivity (Wildman–Crippen MR) is 190 cm³/mol. The van der Waals surface area contributed by atoms with Crippen LogP contribution in [0.4, 0.5) is 0 Å². The van der Waals surface area contributed by atoms with E-state index in [4.69, 9.17) is 37.4 Å². The Labute approximate surface area is 293 Å². The molecule has 6 nitrogen and oxygen atoms in total. The first-order chi connectivity index (χ1) is 22.8. The minimum absolute atomic E-state index is 0.0659. The zero-order chi connectivity index (χ0) is 34.4. The number of hydrogen-bond donors (Lipinski definition) is 0. The Morgan fingerprint density at radius 3 is 1.83 bits per heavy atom. The molecule has 3 aromatic rings. The van der Waals surface area contributed by atoms with Crippen molar-refractivity contribution >= 4 is 34.8 Å². The van der Waals surface area contributed by atoms with Crippen molar-refractivity contribution in [2.45, 2.75) is 79.4 Å². The molecule has 0 N–H and O–H groups in total. The van der Waals surface area contributed by atoms with Gasteiger partial charge >= 0.3 is 0 Å². The van der Waals surface area contributed by atoms with Crippen molar-refractivity contribution in [3.63, 3.8) is 0 Å². The highest BCUT2D eigenvalue weighted by atomic mass is 35.5. The fraction of sp³-hybridized carbons (Fsp3) is 0.400. The van der Waals surface area contributed by atoms with E-state index in [-0.39, 0.29) is 29.0 Å². The van der Waals surface area contributed by atoms with Crippen LogP contribution in [0.3, 0.4) is 0 Å². The Hall–Kier alpha value is -3.74. The van der Waals surface area contributed by atoms with E-state index in [1.807, 2.05) is 62.5 Å². The molecule has 3 aliphatic rings. The minimum Gasteiger partial charge on any atom is -0.490 e. The summed E-state index contributed by atoms with van der Waals surface area (Å²) in [7, 11) is 2.00. The van der Waals surface area contributed by atoms with Gasteiger partial charge in [0.15, 0.2) is 28.8 Å². The second kappa shape index (κ2) is 13.3. The lowest BCUT2D eigenvalue weighted by Crippen LogP contribution is -2.43. The normalized spacial score (nSPS) is 18.9. The number of benzene rings is 3. The van der Waals surface area contributed by atoms with Gasteiger partial charge < -0.3 is 19.1 Å². The van der Waals surface area contributed by atoms with Gasteiger partial charge in [0.05, 0.1) is 16.7 Å². The predicted octanol–water partition coefficient (Wildman–Crippen LogP) is 9.87. The summed E-state index contributed by atoms with van der Waals surface area (Å²) in [5.74, 6) is 1.21. The van der Waals surface area contributed by atoms with Crippen molar-refractivity contribution in [2.75, 3.05) is 13.7 Å². The van der Waals surface area contributed by atoms with Crippen LogP contribution in [0.15, 0.2) is 83.2 Å². The molecule has 0 atom stereocenters. The lowest BCUT2D eigenvalue weighted by molar-refractivity contribution is -0.119. The SMILES string of the molecule is CCOc1cc(COc2c(Cl)cc(C3C4=C(CC(C)(C)CC4=O)N(C)C4=C3C(=O)CC(C)(C)C4)cc2Cl)ccc1OCc1ccccc1. The maximum atomic E-state index is 13.9. The van der Waals surface area contributed by atoms with Crippen molar-refractivity contribution in [3.05, 3.63) is 110 Å². The van der Waals surface area contributed by atoms with Gasteiger partial charge in [-0.1, -0.05) is 87.3 Å². The van der Waals surface area contributed by atoms with E-state index in [2.05, 4.69) is 32.6 Å². The molecule has 0 aromatic heterocycles. The summed E-state index contributed by atoms with van der Waals surface area (Å²) in [6.45, 7) is 11.5. The average molecular weight is 689 g/mol. The van der Waals surface area contributed by atoms with Crippen LogP contribution < -0.4 is 14.2 Å². The molecule has 0 unspecified atom stereocenters. The zero-order valence-electron chi connectivity index (χ0n) is 28.5. The third-order valence-electron chi connectivity index (χ3n) is 9.46. The van der Waals surface area contributed by atoms with Gasteiger partial charge in [0.2, 0.25) is 0 Å². The van der Waals surface area contributed by atoms with Gasteiger partial charge in [-0.05, 0) is 71.6 Å². The Balaban J connectivity index is 1.29. The number of halogens is 2. The monoisotopic (exact) mass is 687 g/mol.